The number of rotatable bonds is 57. The molecule has 0 aromatic heterocycles. The molecular weight excluding hydrogens is 996 g/mol. The van der Waals surface area contributed by atoms with Gasteiger partial charge in [-0.2, -0.15) is 0 Å². The lowest BCUT2D eigenvalue weighted by Crippen LogP contribution is -2.45. The molecule has 0 saturated heterocycles. The number of aliphatic hydroxyl groups is 1. The van der Waals surface area contributed by atoms with Crippen LogP contribution in [0.25, 0.3) is 0 Å². The molecule has 0 rings (SSSR count). The summed E-state index contributed by atoms with van der Waals surface area (Å²) in [6.45, 7) is 4.70. The number of nitrogens with one attached hydrogen (secondary N) is 1. The third-order valence-electron chi connectivity index (χ3n) is 13.6. The van der Waals surface area contributed by atoms with Crippen LogP contribution in [0, 0.1) is 0 Å². The number of phosphoric acid groups is 1. The lowest BCUT2D eigenvalue weighted by atomic mass is 10.0. The third kappa shape index (κ3) is 62.1. The van der Waals surface area contributed by atoms with Gasteiger partial charge in [0.05, 0.1) is 39.9 Å². The molecule has 0 radical (unpaired) electrons. The molecule has 0 aliphatic carbocycles. The smallest absolute Gasteiger partial charge is 0.387 e. The highest BCUT2D eigenvalue weighted by atomic mass is 31.2. The number of aliphatic hydroxyl groups excluding tert-OH is 1. The van der Waals surface area contributed by atoms with E-state index in [9.17, 15) is 19.4 Å². The standard InChI is InChI=1S/C70H121N2O6P/c1-6-8-10-12-14-16-18-20-22-24-25-26-27-28-29-30-31-32-33-34-35-36-37-38-39-40-41-42-43-44-45-46-47-48-50-52-54-56-58-60-62-64-70(74)71-68(67-78-79(75,76)77-66-65-72(3,4)5)69(73)63-61-59-57-55-53-51-49-23-21-19-17-15-13-11-9-7-2/h8,10,14,16,20,22,25-26,28-29,31-32,34-35,37-38,40-41,43-44,61,63,68-69,73H,6-7,9,11-13,15,17-19,21,23-24,27,30,33,36,39,42,45-60,62,64-67H2,1-5H3,(H-,71,74,75,76)/p+1/b10-8-,16-14-,22-20-,26-25-,29-28-,32-31-,35-34-,38-37-,41-40-,44-43-,63-61+. The van der Waals surface area contributed by atoms with Gasteiger partial charge in [-0.05, 0) is 96.3 Å². The molecule has 0 heterocycles. The Morgan fingerprint density at radius 1 is 0.443 bits per heavy atom. The summed E-state index contributed by atoms with van der Waals surface area (Å²) in [6.07, 6.45) is 89.9. The Morgan fingerprint density at radius 3 is 1.11 bits per heavy atom. The van der Waals surface area contributed by atoms with Crippen molar-refractivity contribution < 1.29 is 32.9 Å². The molecule has 3 atom stereocenters. The number of carbonyl (C=O) groups excluding carboxylic acids is 1. The van der Waals surface area contributed by atoms with Crippen LogP contribution < -0.4 is 5.32 Å². The molecule has 3 N–H and O–H groups in total. The molecule has 1 amide bonds. The van der Waals surface area contributed by atoms with Gasteiger partial charge in [-0.3, -0.25) is 13.8 Å². The summed E-state index contributed by atoms with van der Waals surface area (Å²) in [5.41, 5.74) is 0. The molecule has 0 bridgehead atoms. The average molecular weight is 1120 g/mol. The first-order chi connectivity index (χ1) is 38.5. The van der Waals surface area contributed by atoms with Gasteiger partial charge in [0.15, 0.2) is 0 Å². The predicted molar refractivity (Wildman–Crippen MR) is 345 cm³/mol. The first kappa shape index (κ1) is 75.6. The highest BCUT2D eigenvalue weighted by Gasteiger charge is 2.27. The number of nitrogens with zero attached hydrogens (tertiary/aromatic N) is 1. The Bertz CT molecular complexity index is 1750. The number of amides is 1. The van der Waals surface area contributed by atoms with Crippen molar-refractivity contribution in [2.45, 2.75) is 264 Å². The van der Waals surface area contributed by atoms with Gasteiger partial charge in [0.25, 0.3) is 0 Å². The average Bonchev–Trinajstić information content (AvgIpc) is 3.42. The molecule has 0 aromatic carbocycles. The van der Waals surface area contributed by atoms with E-state index in [-0.39, 0.29) is 19.1 Å². The van der Waals surface area contributed by atoms with Gasteiger partial charge in [-0.25, -0.2) is 4.57 Å². The van der Waals surface area contributed by atoms with E-state index in [0.29, 0.717) is 17.4 Å². The zero-order chi connectivity index (χ0) is 57.7. The summed E-state index contributed by atoms with van der Waals surface area (Å²) >= 11 is 0. The fraction of sp³-hybridized carbons (Fsp3) is 0.671. The first-order valence-corrected chi connectivity index (χ1v) is 33.6. The van der Waals surface area contributed by atoms with Crippen LogP contribution in [0.3, 0.4) is 0 Å². The van der Waals surface area contributed by atoms with Crippen molar-refractivity contribution in [3.8, 4) is 0 Å². The Morgan fingerprint density at radius 2 is 0.759 bits per heavy atom. The maximum absolute atomic E-state index is 13.0. The zero-order valence-electron chi connectivity index (χ0n) is 51.6. The molecule has 3 unspecified atom stereocenters. The SMILES string of the molecule is CC/C=C\C/C=C\C/C=C\C/C=C\C/C=C\C/C=C\C/C=C\C/C=C\C/C=C\C/C=C\CCCCCCCCCCCCC(=O)NC(COP(=O)(O)OCC[N+](C)(C)C)C(O)/C=C/CCCCCCCCCCCCCCCC. The van der Waals surface area contributed by atoms with Gasteiger partial charge in [0.2, 0.25) is 5.91 Å². The highest BCUT2D eigenvalue weighted by Crippen LogP contribution is 2.43. The van der Waals surface area contributed by atoms with Crippen molar-refractivity contribution in [2.75, 3.05) is 40.9 Å². The molecule has 0 saturated carbocycles. The van der Waals surface area contributed by atoms with Crippen molar-refractivity contribution in [1.29, 1.82) is 0 Å². The van der Waals surface area contributed by atoms with Crippen LogP contribution in [-0.2, 0) is 18.4 Å². The second kappa shape index (κ2) is 59.3. The van der Waals surface area contributed by atoms with Gasteiger partial charge < -0.3 is 19.8 Å². The van der Waals surface area contributed by atoms with E-state index in [1.54, 1.807) is 6.08 Å². The number of hydrogen-bond donors (Lipinski definition) is 3. The Balaban J connectivity index is 4.10. The fourth-order valence-electron chi connectivity index (χ4n) is 8.66. The minimum atomic E-state index is -4.36. The monoisotopic (exact) mass is 1120 g/mol. The summed E-state index contributed by atoms with van der Waals surface area (Å²) in [7, 11) is 1.56. The third-order valence-corrected chi connectivity index (χ3v) is 14.6. The molecule has 8 nitrogen and oxygen atoms in total. The van der Waals surface area contributed by atoms with Crippen LogP contribution in [-0.4, -0.2) is 73.4 Å². The van der Waals surface area contributed by atoms with Crippen LogP contribution in [0.15, 0.2) is 134 Å². The largest absolute Gasteiger partial charge is 0.472 e. The zero-order valence-corrected chi connectivity index (χ0v) is 52.5. The molecule has 0 aromatic rings. The van der Waals surface area contributed by atoms with Crippen molar-refractivity contribution in [1.82, 2.24) is 5.32 Å². The second-order valence-electron chi connectivity index (χ2n) is 22.4. The fourth-order valence-corrected chi connectivity index (χ4v) is 9.39. The molecule has 0 aliphatic heterocycles. The molecule has 0 fully saturated rings. The van der Waals surface area contributed by atoms with Crippen LogP contribution >= 0.6 is 7.82 Å². The van der Waals surface area contributed by atoms with Crippen molar-refractivity contribution in [3.05, 3.63) is 134 Å². The van der Waals surface area contributed by atoms with E-state index in [1.807, 2.05) is 27.2 Å². The van der Waals surface area contributed by atoms with Crippen molar-refractivity contribution in [2.24, 2.45) is 0 Å². The second-order valence-corrected chi connectivity index (χ2v) is 23.9. The van der Waals surface area contributed by atoms with Crippen LogP contribution in [0.5, 0.6) is 0 Å². The van der Waals surface area contributed by atoms with E-state index in [1.165, 1.54) is 122 Å². The van der Waals surface area contributed by atoms with Gasteiger partial charge in [0, 0.05) is 6.42 Å². The van der Waals surface area contributed by atoms with Gasteiger partial charge in [-0.1, -0.05) is 282 Å². The quantitative estimate of drug-likeness (QED) is 0.0243. The molecule has 452 valence electrons. The number of allylic oxidation sites excluding steroid dienone is 21. The minimum absolute atomic E-state index is 0.0553. The Kier molecular flexibility index (Phi) is 56.7. The number of unbranched alkanes of at least 4 members (excludes halogenated alkanes) is 24. The first-order valence-electron chi connectivity index (χ1n) is 32.1. The summed E-state index contributed by atoms with van der Waals surface area (Å²) in [4.78, 5) is 23.3. The maximum atomic E-state index is 13.0. The molecule has 0 spiro atoms. The lowest BCUT2D eigenvalue weighted by molar-refractivity contribution is -0.870. The van der Waals surface area contributed by atoms with Crippen LogP contribution in [0.1, 0.15) is 251 Å². The summed E-state index contributed by atoms with van der Waals surface area (Å²) in [5, 5.41) is 13.9. The van der Waals surface area contributed by atoms with Gasteiger partial charge >= 0.3 is 7.82 Å². The minimum Gasteiger partial charge on any atom is -0.387 e. The van der Waals surface area contributed by atoms with Crippen molar-refractivity contribution >= 4 is 13.7 Å². The Labute approximate surface area is 487 Å². The van der Waals surface area contributed by atoms with Crippen molar-refractivity contribution in [3.63, 3.8) is 0 Å². The van der Waals surface area contributed by atoms with Gasteiger partial charge in [-0.15, -0.1) is 0 Å². The van der Waals surface area contributed by atoms with E-state index in [2.05, 4.69) is 141 Å². The highest BCUT2D eigenvalue weighted by molar-refractivity contribution is 7.47. The lowest BCUT2D eigenvalue weighted by Gasteiger charge is -2.25. The number of likely N-dealkylation sites (N-methyl/N-ethyl adjacent to an activating group) is 1. The topological polar surface area (TPSA) is 105 Å². The molecular formula is C70H122N2O6P+. The summed E-state index contributed by atoms with van der Waals surface area (Å²) in [6, 6.07) is -0.857. The van der Waals surface area contributed by atoms with E-state index < -0.39 is 20.0 Å². The molecule has 9 heteroatoms. The number of hydrogen-bond acceptors (Lipinski definition) is 5. The molecule has 79 heavy (non-hydrogen) atoms. The summed E-state index contributed by atoms with van der Waals surface area (Å²) in [5.74, 6) is -0.186. The van der Waals surface area contributed by atoms with E-state index in [0.717, 1.165) is 109 Å². The molecule has 0 aliphatic rings. The van der Waals surface area contributed by atoms with E-state index >= 15 is 0 Å². The Hall–Kier alpha value is -3.36. The summed E-state index contributed by atoms with van der Waals surface area (Å²) < 4.78 is 23.7. The predicted octanol–water partition coefficient (Wildman–Crippen LogP) is 20.3. The number of carbonyl (C=O) groups is 1. The van der Waals surface area contributed by atoms with Crippen LogP contribution in [0.2, 0.25) is 0 Å². The van der Waals surface area contributed by atoms with Crippen LogP contribution in [0.4, 0.5) is 0 Å². The number of quaternary nitrogens is 1. The van der Waals surface area contributed by atoms with E-state index in [4.69, 9.17) is 9.05 Å². The van der Waals surface area contributed by atoms with Gasteiger partial charge in [0.1, 0.15) is 13.2 Å². The maximum Gasteiger partial charge on any atom is 0.472 e. The normalized spacial score (nSPS) is 14.7. The number of phosphoric ester groups is 1.